The van der Waals surface area contributed by atoms with Gasteiger partial charge in [-0.2, -0.15) is 4.31 Å². The first-order valence-electron chi connectivity index (χ1n) is 7.86. The van der Waals surface area contributed by atoms with Crippen molar-refractivity contribution in [2.24, 2.45) is 11.7 Å². The van der Waals surface area contributed by atoms with Gasteiger partial charge in [-0.25, -0.2) is 8.42 Å². The molecular weight excluding hydrogens is 286 g/mol. The van der Waals surface area contributed by atoms with Gasteiger partial charge in [0, 0.05) is 37.1 Å². The van der Waals surface area contributed by atoms with E-state index >= 15 is 0 Å². The molecule has 0 amide bonds. The van der Waals surface area contributed by atoms with Crippen molar-refractivity contribution in [1.29, 1.82) is 0 Å². The Morgan fingerprint density at radius 3 is 2.57 bits per heavy atom. The first-order chi connectivity index (χ1) is 9.93. The second kappa shape index (κ2) is 5.41. The van der Waals surface area contributed by atoms with Crippen molar-refractivity contribution >= 4 is 10.0 Å². The molecule has 2 fully saturated rings. The Hall–Kier alpha value is -0.850. The molecule has 1 aromatic heterocycles. The minimum Gasteiger partial charge on any atom is -0.346 e. The Morgan fingerprint density at radius 1 is 1.29 bits per heavy atom. The predicted octanol–water partition coefficient (Wildman–Crippen LogP) is 2.09. The SMILES string of the molecule is CC1CCN(S(=O)(=O)c2cc(CN)n(C3CC3)c2)C(C)C1. The van der Waals surface area contributed by atoms with Crippen molar-refractivity contribution in [1.82, 2.24) is 8.87 Å². The van der Waals surface area contributed by atoms with Gasteiger partial charge in [0.05, 0.1) is 0 Å². The summed E-state index contributed by atoms with van der Waals surface area (Å²) in [5.74, 6) is 0.599. The highest BCUT2D eigenvalue weighted by Gasteiger charge is 2.35. The zero-order chi connectivity index (χ0) is 15.2. The number of hydrogen-bond acceptors (Lipinski definition) is 3. The van der Waals surface area contributed by atoms with Crippen LogP contribution in [-0.4, -0.2) is 29.9 Å². The maximum atomic E-state index is 12.9. The highest BCUT2D eigenvalue weighted by Crippen LogP contribution is 2.38. The van der Waals surface area contributed by atoms with E-state index < -0.39 is 10.0 Å². The van der Waals surface area contributed by atoms with Gasteiger partial charge in [0.1, 0.15) is 4.90 Å². The number of hydrogen-bond donors (Lipinski definition) is 1. The Morgan fingerprint density at radius 2 is 2.00 bits per heavy atom. The summed E-state index contributed by atoms with van der Waals surface area (Å²) >= 11 is 0. The third-order valence-corrected chi connectivity index (χ3v) is 6.72. The molecule has 0 spiro atoms. The number of aromatic nitrogens is 1. The molecule has 1 aliphatic carbocycles. The zero-order valence-electron chi connectivity index (χ0n) is 12.8. The van der Waals surface area contributed by atoms with Crippen LogP contribution in [0.1, 0.15) is 51.3 Å². The van der Waals surface area contributed by atoms with Crippen LogP contribution in [0.15, 0.2) is 17.2 Å². The van der Waals surface area contributed by atoms with E-state index in [1.807, 2.05) is 6.92 Å². The molecule has 1 saturated heterocycles. The number of nitrogens with zero attached hydrogens (tertiary/aromatic N) is 2. The van der Waals surface area contributed by atoms with E-state index in [0.29, 0.717) is 29.9 Å². The van der Waals surface area contributed by atoms with Crippen LogP contribution < -0.4 is 5.73 Å². The van der Waals surface area contributed by atoms with Crippen LogP contribution in [0.3, 0.4) is 0 Å². The molecule has 2 aliphatic rings. The van der Waals surface area contributed by atoms with Crippen molar-refractivity contribution in [3.8, 4) is 0 Å². The maximum Gasteiger partial charge on any atom is 0.244 e. The maximum absolute atomic E-state index is 12.9. The highest BCUT2D eigenvalue weighted by molar-refractivity contribution is 7.89. The molecule has 1 aromatic rings. The van der Waals surface area contributed by atoms with E-state index in [9.17, 15) is 8.42 Å². The van der Waals surface area contributed by atoms with Gasteiger partial charge in [0.25, 0.3) is 0 Å². The number of piperidine rings is 1. The number of sulfonamides is 1. The van der Waals surface area contributed by atoms with Gasteiger partial charge < -0.3 is 10.3 Å². The van der Waals surface area contributed by atoms with Crippen LogP contribution in [-0.2, 0) is 16.6 Å². The van der Waals surface area contributed by atoms with Crippen LogP contribution in [0, 0.1) is 5.92 Å². The molecule has 21 heavy (non-hydrogen) atoms. The first kappa shape index (κ1) is 15.1. The minimum atomic E-state index is -3.40. The first-order valence-corrected chi connectivity index (χ1v) is 9.30. The Kier molecular flexibility index (Phi) is 3.88. The van der Waals surface area contributed by atoms with Gasteiger partial charge >= 0.3 is 0 Å². The zero-order valence-corrected chi connectivity index (χ0v) is 13.6. The summed E-state index contributed by atoms with van der Waals surface area (Å²) in [7, 11) is -3.40. The molecule has 118 valence electrons. The van der Waals surface area contributed by atoms with Crippen LogP contribution in [0.5, 0.6) is 0 Å². The molecule has 1 saturated carbocycles. The third-order valence-electron chi connectivity index (χ3n) is 4.74. The molecular formula is C15H25N3O2S. The molecule has 2 atom stereocenters. The summed E-state index contributed by atoms with van der Waals surface area (Å²) < 4.78 is 29.5. The van der Waals surface area contributed by atoms with Gasteiger partial charge in [-0.15, -0.1) is 0 Å². The Bertz CT molecular complexity index is 619. The lowest BCUT2D eigenvalue weighted by Gasteiger charge is -2.35. The number of rotatable bonds is 4. The fourth-order valence-electron chi connectivity index (χ4n) is 3.37. The van der Waals surface area contributed by atoms with Gasteiger partial charge in [-0.1, -0.05) is 6.92 Å². The Balaban J connectivity index is 1.91. The molecule has 0 bridgehead atoms. The average molecular weight is 311 g/mol. The summed E-state index contributed by atoms with van der Waals surface area (Å²) in [6.45, 7) is 5.21. The quantitative estimate of drug-likeness (QED) is 0.926. The summed E-state index contributed by atoms with van der Waals surface area (Å²) in [5.41, 5.74) is 6.69. The molecule has 5 nitrogen and oxygen atoms in total. The van der Waals surface area contributed by atoms with E-state index in [0.717, 1.165) is 31.4 Å². The summed E-state index contributed by atoms with van der Waals surface area (Å²) in [6, 6.07) is 2.29. The second-order valence-electron chi connectivity index (χ2n) is 6.60. The van der Waals surface area contributed by atoms with Crippen molar-refractivity contribution < 1.29 is 8.42 Å². The van der Waals surface area contributed by atoms with Crippen LogP contribution in [0.2, 0.25) is 0 Å². The van der Waals surface area contributed by atoms with Gasteiger partial charge in [0.2, 0.25) is 10.0 Å². The Labute approximate surface area is 127 Å². The van der Waals surface area contributed by atoms with E-state index in [2.05, 4.69) is 11.5 Å². The summed E-state index contributed by atoms with van der Waals surface area (Å²) in [5, 5.41) is 0. The van der Waals surface area contributed by atoms with Crippen molar-refractivity contribution in [3.63, 3.8) is 0 Å². The fourth-order valence-corrected chi connectivity index (χ4v) is 5.08. The average Bonchev–Trinajstić information content (AvgIpc) is 3.16. The lowest BCUT2D eigenvalue weighted by atomic mass is 9.95. The lowest BCUT2D eigenvalue weighted by Crippen LogP contribution is -2.43. The molecule has 2 heterocycles. The summed E-state index contributed by atoms with van der Waals surface area (Å²) in [6.07, 6.45) is 5.92. The molecule has 1 aliphatic heterocycles. The largest absolute Gasteiger partial charge is 0.346 e. The van der Waals surface area contributed by atoms with Crippen molar-refractivity contribution in [2.75, 3.05) is 6.54 Å². The fraction of sp³-hybridized carbons (Fsp3) is 0.733. The predicted molar refractivity (Wildman–Crippen MR) is 82.3 cm³/mol. The summed E-state index contributed by atoms with van der Waals surface area (Å²) in [4.78, 5) is 0.413. The molecule has 6 heteroatoms. The van der Waals surface area contributed by atoms with Crippen LogP contribution in [0.4, 0.5) is 0 Å². The van der Waals surface area contributed by atoms with Crippen molar-refractivity contribution in [2.45, 2.75) is 63.1 Å². The topological polar surface area (TPSA) is 68.3 Å². The standard InChI is InChI=1S/C15H25N3O2S/c1-11-5-6-18(12(2)7-11)21(19,20)15-8-14(9-16)17(10-15)13-3-4-13/h8,10-13H,3-7,9,16H2,1-2H3. The van der Waals surface area contributed by atoms with E-state index in [-0.39, 0.29) is 6.04 Å². The molecule has 0 radical (unpaired) electrons. The smallest absolute Gasteiger partial charge is 0.244 e. The van der Waals surface area contributed by atoms with E-state index in [1.165, 1.54) is 0 Å². The van der Waals surface area contributed by atoms with E-state index in [4.69, 9.17) is 5.73 Å². The van der Waals surface area contributed by atoms with Crippen LogP contribution >= 0.6 is 0 Å². The van der Waals surface area contributed by atoms with Gasteiger partial charge in [0.15, 0.2) is 0 Å². The van der Waals surface area contributed by atoms with Gasteiger partial charge in [-0.3, -0.25) is 0 Å². The molecule has 2 unspecified atom stereocenters. The van der Waals surface area contributed by atoms with E-state index in [1.54, 1.807) is 16.6 Å². The lowest BCUT2D eigenvalue weighted by molar-refractivity contribution is 0.220. The normalized spacial score (nSPS) is 28.0. The highest BCUT2D eigenvalue weighted by atomic mass is 32.2. The third kappa shape index (κ3) is 2.76. The monoisotopic (exact) mass is 311 g/mol. The minimum absolute atomic E-state index is 0.0735. The molecule has 0 aromatic carbocycles. The van der Waals surface area contributed by atoms with Crippen LogP contribution in [0.25, 0.3) is 0 Å². The second-order valence-corrected chi connectivity index (χ2v) is 8.49. The number of nitrogens with two attached hydrogens (primary N) is 1. The molecule has 3 rings (SSSR count). The van der Waals surface area contributed by atoms with Gasteiger partial charge in [-0.05, 0) is 44.6 Å². The van der Waals surface area contributed by atoms with Crippen molar-refractivity contribution in [3.05, 3.63) is 18.0 Å². The molecule has 2 N–H and O–H groups in total.